The Hall–Kier alpha value is -2.29. The lowest BCUT2D eigenvalue weighted by Crippen LogP contribution is -2.28. The molecule has 1 aliphatic carbocycles. The fraction of sp³-hybridized carbons (Fsp3) is 0.235. The summed E-state index contributed by atoms with van der Waals surface area (Å²) < 4.78 is 0. The summed E-state index contributed by atoms with van der Waals surface area (Å²) in [5, 5.41) is 3.24. The van der Waals surface area contributed by atoms with Crippen molar-refractivity contribution in [3.05, 3.63) is 65.7 Å². The number of primary amides is 1. The van der Waals surface area contributed by atoms with E-state index in [4.69, 9.17) is 5.73 Å². The fourth-order valence-electron chi connectivity index (χ4n) is 2.54. The molecule has 1 atom stereocenters. The average molecular weight is 266 g/mol. The monoisotopic (exact) mass is 266 g/mol. The van der Waals surface area contributed by atoms with Crippen LogP contribution >= 0.6 is 0 Å². The van der Waals surface area contributed by atoms with E-state index in [0.29, 0.717) is 5.92 Å². The minimum atomic E-state index is -0.478. The van der Waals surface area contributed by atoms with Gasteiger partial charge in [-0.05, 0) is 42.0 Å². The van der Waals surface area contributed by atoms with Gasteiger partial charge in [-0.3, -0.25) is 4.79 Å². The third kappa shape index (κ3) is 2.67. The van der Waals surface area contributed by atoms with Crippen LogP contribution in [0.3, 0.4) is 0 Å². The molecule has 0 radical (unpaired) electrons. The van der Waals surface area contributed by atoms with Crippen LogP contribution in [-0.4, -0.2) is 5.91 Å². The normalized spacial score (nSPS) is 15.6. The van der Waals surface area contributed by atoms with E-state index in [-0.39, 0.29) is 5.91 Å². The highest BCUT2D eigenvalue weighted by Crippen LogP contribution is 2.43. The molecule has 1 unspecified atom stereocenters. The molecular formula is C17H18N2O. The maximum absolute atomic E-state index is 11.9. The summed E-state index contributed by atoms with van der Waals surface area (Å²) in [6.07, 6.45) is 2.40. The molecule has 0 spiro atoms. The lowest BCUT2D eigenvalue weighted by Gasteiger charge is -2.20. The first-order chi connectivity index (χ1) is 9.75. The highest BCUT2D eigenvalue weighted by Gasteiger charge is 2.29. The zero-order chi connectivity index (χ0) is 13.9. The van der Waals surface area contributed by atoms with Crippen molar-refractivity contribution < 1.29 is 4.79 Å². The largest absolute Gasteiger partial charge is 0.370 e. The van der Waals surface area contributed by atoms with Gasteiger partial charge in [0.1, 0.15) is 6.04 Å². The number of rotatable bonds is 5. The van der Waals surface area contributed by atoms with E-state index in [9.17, 15) is 4.79 Å². The van der Waals surface area contributed by atoms with Gasteiger partial charge in [0.15, 0.2) is 0 Å². The number of carbonyl (C=O) groups is 1. The van der Waals surface area contributed by atoms with E-state index < -0.39 is 6.04 Å². The molecule has 3 N–H and O–H groups in total. The van der Waals surface area contributed by atoms with E-state index in [2.05, 4.69) is 11.4 Å². The molecule has 3 rings (SSSR count). The molecule has 0 heterocycles. The first-order valence-corrected chi connectivity index (χ1v) is 6.95. The van der Waals surface area contributed by atoms with Crippen molar-refractivity contribution in [3.8, 4) is 0 Å². The van der Waals surface area contributed by atoms with Gasteiger partial charge in [-0.15, -0.1) is 0 Å². The van der Waals surface area contributed by atoms with Crippen LogP contribution in [0.1, 0.15) is 35.9 Å². The fourth-order valence-corrected chi connectivity index (χ4v) is 2.54. The minimum Gasteiger partial charge on any atom is -0.370 e. The lowest BCUT2D eigenvalue weighted by atomic mass is 9.96. The smallest absolute Gasteiger partial charge is 0.244 e. The van der Waals surface area contributed by atoms with E-state index in [1.807, 2.05) is 48.5 Å². The van der Waals surface area contributed by atoms with Crippen molar-refractivity contribution in [2.24, 2.45) is 5.73 Å². The quantitative estimate of drug-likeness (QED) is 0.873. The molecule has 0 saturated heterocycles. The Kier molecular flexibility index (Phi) is 3.42. The highest BCUT2D eigenvalue weighted by molar-refractivity contribution is 5.85. The number of nitrogens with two attached hydrogens (primary N) is 1. The summed E-state index contributed by atoms with van der Waals surface area (Å²) in [5.74, 6) is 0.243. The van der Waals surface area contributed by atoms with Crippen LogP contribution < -0.4 is 11.1 Å². The van der Waals surface area contributed by atoms with Crippen LogP contribution in [0.5, 0.6) is 0 Å². The van der Waals surface area contributed by atoms with E-state index >= 15 is 0 Å². The maximum atomic E-state index is 11.9. The van der Waals surface area contributed by atoms with E-state index in [0.717, 1.165) is 11.3 Å². The van der Waals surface area contributed by atoms with Gasteiger partial charge < -0.3 is 11.1 Å². The summed E-state index contributed by atoms with van der Waals surface area (Å²) in [7, 11) is 0. The second kappa shape index (κ2) is 5.37. The van der Waals surface area contributed by atoms with Crippen molar-refractivity contribution in [1.29, 1.82) is 0 Å². The Labute approximate surface area is 118 Å². The third-order valence-corrected chi connectivity index (χ3v) is 3.69. The van der Waals surface area contributed by atoms with Crippen molar-refractivity contribution in [3.63, 3.8) is 0 Å². The second-order valence-corrected chi connectivity index (χ2v) is 5.25. The Morgan fingerprint density at radius 3 is 2.35 bits per heavy atom. The number of hydrogen-bond acceptors (Lipinski definition) is 2. The number of nitrogens with one attached hydrogen (secondary N) is 1. The van der Waals surface area contributed by atoms with Gasteiger partial charge in [0.2, 0.25) is 5.91 Å². The van der Waals surface area contributed by atoms with Gasteiger partial charge >= 0.3 is 0 Å². The minimum absolute atomic E-state index is 0.345. The zero-order valence-corrected chi connectivity index (χ0v) is 11.3. The Balaban J connectivity index is 1.93. The summed E-state index contributed by atoms with van der Waals surface area (Å²) in [6.45, 7) is 0. The second-order valence-electron chi connectivity index (χ2n) is 5.25. The molecule has 1 amide bonds. The molecule has 102 valence electrons. The first-order valence-electron chi connectivity index (χ1n) is 6.95. The van der Waals surface area contributed by atoms with Crippen LogP contribution in [0, 0.1) is 0 Å². The van der Waals surface area contributed by atoms with Crippen LogP contribution in [0.15, 0.2) is 54.6 Å². The van der Waals surface area contributed by atoms with Crippen LogP contribution in [0.2, 0.25) is 0 Å². The van der Waals surface area contributed by atoms with Crippen molar-refractivity contribution in [1.82, 2.24) is 0 Å². The number of benzene rings is 2. The topological polar surface area (TPSA) is 55.1 Å². The predicted octanol–water partition coefficient (Wildman–Crippen LogP) is 3.20. The zero-order valence-electron chi connectivity index (χ0n) is 11.3. The molecule has 1 fully saturated rings. The number of hydrogen-bond donors (Lipinski definition) is 2. The number of carbonyl (C=O) groups excluding carboxylic acids is 1. The van der Waals surface area contributed by atoms with Crippen molar-refractivity contribution in [2.75, 3.05) is 5.32 Å². The van der Waals surface area contributed by atoms with Gasteiger partial charge in [0.05, 0.1) is 0 Å². The summed E-state index contributed by atoms with van der Waals surface area (Å²) in [5.41, 5.74) is 8.76. The van der Waals surface area contributed by atoms with E-state index in [1.54, 1.807) is 0 Å². The molecule has 1 saturated carbocycles. The van der Waals surface area contributed by atoms with Crippen LogP contribution in [0.25, 0.3) is 0 Å². The van der Waals surface area contributed by atoms with Crippen molar-refractivity contribution >= 4 is 11.6 Å². The number of amides is 1. The van der Waals surface area contributed by atoms with Crippen LogP contribution in [0.4, 0.5) is 5.69 Å². The molecular weight excluding hydrogens is 248 g/mol. The number of para-hydroxylation sites is 1. The molecule has 1 aliphatic rings. The Morgan fingerprint density at radius 1 is 1.05 bits per heavy atom. The first kappa shape index (κ1) is 12.7. The molecule has 2 aromatic rings. The standard InChI is InChI=1S/C17H18N2O/c18-17(20)16(19-13-6-2-1-3-7-13)15-9-5-4-8-14(15)12-10-11-12/h1-9,12,16,19H,10-11H2,(H2,18,20). The van der Waals surface area contributed by atoms with Gasteiger partial charge in [0, 0.05) is 5.69 Å². The molecule has 0 bridgehead atoms. The third-order valence-electron chi connectivity index (χ3n) is 3.69. The summed E-state index contributed by atoms with van der Waals surface area (Å²) in [4.78, 5) is 11.9. The average Bonchev–Trinajstić information content (AvgIpc) is 3.30. The highest BCUT2D eigenvalue weighted by atomic mass is 16.1. The van der Waals surface area contributed by atoms with Gasteiger partial charge in [-0.25, -0.2) is 0 Å². The molecule has 0 aliphatic heterocycles. The number of anilines is 1. The van der Waals surface area contributed by atoms with Crippen LogP contribution in [-0.2, 0) is 4.79 Å². The Morgan fingerprint density at radius 2 is 1.70 bits per heavy atom. The lowest BCUT2D eigenvalue weighted by molar-refractivity contribution is -0.118. The molecule has 0 aromatic heterocycles. The Bertz CT molecular complexity index is 605. The van der Waals surface area contributed by atoms with Gasteiger partial charge in [0.25, 0.3) is 0 Å². The van der Waals surface area contributed by atoms with Gasteiger partial charge in [-0.2, -0.15) is 0 Å². The van der Waals surface area contributed by atoms with E-state index in [1.165, 1.54) is 18.4 Å². The predicted molar refractivity (Wildman–Crippen MR) is 80.4 cm³/mol. The molecule has 3 heteroatoms. The SMILES string of the molecule is NC(=O)C(Nc1ccccc1)c1ccccc1C1CC1. The summed E-state index contributed by atoms with van der Waals surface area (Å²) >= 11 is 0. The maximum Gasteiger partial charge on any atom is 0.244 e. The molecule has 20 heavy (non-hydrogen) atoms. The molecule has 3 nitrogen and oxygen atoms in total. The van der Waals surface area contributed by atoms with Gasteiger partial charge in [-0.1, -0.05) is 42.5 Å². The molecule has 2 aromatic carbocycles. The summed E-state index contributed by atoms with van der Waals surface area (Å²) in [6, 6.07) is 17.3. The van der Waals surface area contributed by atoms with Crippen molar-refractivity contribution in [2.45, 2.75) is 24.8 Å².